The molecule has 0 saturated heterocycles. The SMILES string of the molecule is COOSc1ccc(Oc2cc(C(=O)Nc3ccc(C)cn3)cc3c2CN(CC(C)C)C3=O)cc1. The van der Waals surface area contributed by atoms with Gasteiger partial charge in [0.1, 0.15) is 17.3 Å². The van der Waals surface area contributed by atoms with Crippen LogP contribution in [0.1, 0.15) is 45.7 Å². The number of carbonyl (C=O) groups is 2. The number of ether oxygens (including phenoxy) is 1. The topological polar surface area (TPSA) is 90.0 Å². The summed E-state index contributed by atoms with van der Waals surface area (Å²) < 4.78 is 11.1. The summed E-state index contributed by atoms with van der Waals surface area (Å²) >= 11 is 1.08. The lowest BCUT2D eigenvalue weighted by Gasteiger charge is -2.18. The highest BCUT2D eigenvalue weighted by atomic mass is 32.2. The van der Waals surface area contributed by atoms with Crippen LogP contribution in [0.25, 0.3) is 0 Å². The second-order valence-corrected chi connectivity index (χ2v) is 9.42. The number of benzene rings is 2. The zero-order valence-electron chi connectivity index (χ0n) is 20.0. The molecule has 182 valence electrons. The fourth-order valence-corrected chi connectivity index (χ4v) is 4.13. The van der Waals surface area contributed by atoms with Crippen LogP contribution in [0.4, 0.5) is 5.82 Å². The number of hydrogen-bond donors (Lipinski definition) is 1. The highest BCUT2D eigenvalue weighted by Gasteiger charge is 2.32. The van der Waals surface area contributed by atoms with Crippen molar-refractivity contribution in [2.75, 3.05) is 19.0 Å². The molecule has 9 heteroatoms. The molecule has 2 aromatic carbocycles. The van der Waals surface area contributed by atoms with E-state index in [1.165, 1.54) is 7.11 Å². The number of amides is 2. The quantitative estimate of drug-likeness (QED) is 0.235. The molecular formula is C26H27N3O5S. The van der Waals surface area contributed by atoms with E-state index in [-0.39, 0.29) is 11.8 Å². The van der Waals surface area contributed by atoms with Gasteiger partial charge in [0.2, 0.25) is 0 Å². The minimum absolute atomic E-state index is 0.106. The fraction of sp³-hybridized carbons (Fsp3) is 0.269. The van der Waals surface area contributed by atoms with E-state index in [0.717, 1.165) is 28.1 Å². The van der Waals surface area contributed by atoms with Crippen molar-refractivity contribution in [3.05, 3.63) is 77.0 Å². The van der Waals surface area contributed by atoms with E-state index < -0.39 is 0 Å². The highest BCUT2D eigenvalue weighted by molar-refractivity contribution is 7.94. The lowest BCUT2D eigenvalue weighted by molar-refractivity contribution is -0.160. The van der Waals surface area contributed by atoms with Gasteiger partial charge in [-0.05, 0) is 60.9 Å². The van der Waals surface area contributed by atoms with E-state index in [9.17, 15) is 9.59 Å². The number of aromatic nitrogens is 1. The maximum atomic E-state index is 13.2. The molecule has 0 saturated carbocycles. The summed E-state index contributed by atoms with van der Waals surface area (Å²) in [6.07, 6.45) is 1.68. The van der Waals surface area contributed by atoms with Crippen LogP contribution >= 0.6 is 12.0 Å². The number of nitrogens with zero attached hydrogens (tertiary/aromatic N) is 2. The zero-order valence-corrected chi connectivity index (χ0v) is 20.8. The predicted molar refractivity (Wildman–Crippen MR) is 133 cm³/mol. The third-order valence-electron chi connectivity index (χ3n) is 5.33. The number of rotatable bonds is 9. The van der Waals surface area contributed by atoms with Crippen molar-refractivity contribution >= 4 is 29.7 Å². The van der Waals surface area contributed by atoms with Gasteiger partial charge in [0.15, 0.2) is 0 Å². The first-order valence-corrected chi connectivity index (χ1v) is 11.9. The van der Waals surface area contributed by atoms with Crippen LogP contribution in [0.5, 0.6) is 11.5 Å². The second kappa shape index (κ2) is 10.9. The van der Waals surface area contributed by atoms with Crippen LogP contribution in [0.2, 0.25) is 0 Å². The Morgan fingerprint density at radius 3 is 2.60 bits per heavy atom. The van der Waals surface area contributed by atoms with E-state index >= 15 is 0 Å². The van der Waals surface area contributed by atoms with Gasteiger partial charge in [0.25, 0.3) is 11.8 Å². The molecule has 8 nitrogen and oxygen atoms in total. The van der Waals surface area contributed by atoms with Gasteiger partial charge in [0, 0.05) is 34.3 Å². The van der Waals surface area contributed by atoms with Crippen molar-refractivity contribution < 1.29 is 23.5 Å². The molecule has 4 rings (SSSR count). The molecule has 1 aromatic heterocycles. The van der Waals surface area contributed by atoms with Crippen LogP contribution in [-0.2, 0) is 15.8 Å². The molecule has 0 fully saturated rings. The minimum Gasteiger partial charge on any atom is -0.457 e. The number of aryl methyl sites for hydroxylation is 1. The maximum Gasteiger partial charge on any atom is 0.256 e. The number of carbonyl (C=O) groups excluding carboxylic acids is 2. The molecule has 0 bridgehead atoms. The first-order chi connectivity index (χ1) is 16.8. The molecule has 2 amide bonds. The number of hydrogen-bond acceptors (Lipinski definition) is 7. The largest absolute Gasteiger partial charge is 0.457 e. The molecule has 1 N–H and O–H groups in total. The Kier molecular flexibility index (Phi) is 7.70. The van der Waals surface area contributed by atoms with Crippen LogP contribution in [-0.4, -0.2) is 35.4 Å². The molecule has 2 heterocycles. The molecule has 0 unspecified atom stereocenters. The summed E-state index contributed by atoms with van der Waals surface area (Å²) in [5, 5.41) is 2.79. The predicted octanol–water partition coefficient (Wildman–Crippen LogP) is 5.63. The summed E-state index contributed by atoms with van der Waals surface area (Å²) in [5.74, 6) is 1.31. The van der Waals surface area contributed by atoms with Gasteiger partial charge in [0.05, 0.1) is 25.7 Å². The maximum absolute atomic E-state index is 13.2. The first-order valence-electron chi connectivity index (χ1n) is 11.2. The van der Waals surface area contributed by atoms with E-state index in [1.54, 1.807) is 41.4 Å². The summed E-state index contributed by atoms with van der Waals surface area (Å²) in [5.41, 5.74) is 2.56. The molecule has 0 aliphatic carbocycles. The fourth-order valence-electron chi connectivity index (χ4n) is 3.74. The molecular weight excluding hydrogens is 466 g/mol. The smallest absolute Gasteiger partial charge is 0.256 e. The molecule has 1 aliphatic heterocycles. The number of pyridine rings is 1. The summed E-state index contributed by atoms with van der Waals surface area (Å²) in [4.78, 5) is 37.7. The molecule has 0 radical (unpaired) electrons. The van der Waals surface area contributed by atoms with Gasteiger partial charge in [-0.15, -0.1) is 0 Å². The number of nitrogens with one attached hydrogen (secondary N) is 1. The molecule has 35 heavy (non-hydrogen) atoms. The Hall–Kier alpha value is -3.40. The van der Waals surface area contributed by atoms with Crippen molar-refractivity contribution in [2.45, 2.75) is 32.2 Å². The van der Waals surface area contributed by atoms with Crippen molar-refractivity contribution in [1.82, 2.24) is 9.88 Å². The second-order valence-electron chi connectivity index (χ2n) is 8.65. The van der Waals surface area contributed by atoms with Crippen molar-refractivity contribution in [3.63, 3.8) is 0 Å². The van der Waals surface area contributed by atoms with E-state index in [2.05, 4.69) is 29.0 Å². The van der Waals surface area contributed by atoms with Gasteiger partial charge in [-0.1, -0.05) is 19.9 Å². The Morgan fingerprint density at radius 2 is 1.94 bits per heavy atom. The summed E-state index contributed by atoms with van der Waals surface area (Å²) in [7, 11) is 1.44. The average Bonchev–Trinajstić information content (AvgIpc) is 3.15. The standard InChI is InChI=1S/C26H27N3O5S/c1-16(2)14-29-15-22-21(26(29)31)11-18(25(30)28-24-10-5-17(3)13-27-24)12-23(22)33-19-6-8-20(9-7-19)35-34-32-4/h5-13,16H,14-15H2,1-4H3,(H,27,28,30). The monoisotopic (exact) mass is 493 g/mol. The van der Waals surface area contributed by atoms with Crippen LogP contribution in [0.15, 0.2) is 59.6 Å². The Balaban J connectivity index is 1.64. The number of fused-ring (bicyclic) bond motifs is 1. The Bertz CT molecular complexity index is 1210. The van der Waals surface area contributed by atoms with Gasteiger partial charge >= 0.3 is 0 Å². The van der Waals surface area contributed by atoms with Crippen LogP contribution in [0, 0.1) is 12.8 Å². The third-order valence-corrected chi connectivity index (χ3v) is 5.99. The van der Waals surface area contributed by atoms with Gasteiger partial charge in [-0.25, -0.2) is 9.87 Å². The minimum atomic E-state index is -0.368. The van der Waals surface area contributed by atoms with E-state index in [4.69, 9.17) is 9.07 Å². The molecule has 3 aromatic rings. The molecule has 1 aliphatic rings. The normalized spacial score (nSPS) is 12.7. The third kappa shape index (κ3) is 6.00. The lowest BCUT2D eigenvalue weighted by Crippen LogP contribution is -2.27. The first kappa shape index (κ1) is 24.7. The Labute approximate surface area is 208 Å². The van der Waals surface area contributed by atoms with Crippen molar-refractivity contribution in [2.24, 2.45) is 5.92 Å². The summed E-state index contributed by atoms with van der Waals surface area (Å²) in [6.45, 7) is 7.10. The van der Waals surface area contributed by atoms with Gasteiger partial charge < -0.3 is 15.0 Å². The van der Waals surface area contributed by atoms with E-state index in [1.807, 2.05) is 25.1 Å². The van der Waals surface area contributed by atoms with Crippen LogP contribution in [0.3, 0.4) is 0 Å². The zero-order chi connectivity index (χ0) is 24.9. The Morgan fingerprint density at radius 1 is 1.17 bits per heavy atom. The molecule has 0 spiro atoms. The summed E-state index contributed by atoms with van der Waals surface area (Å²) in [6, 6.07) is 14.2. The highest BCUT2D eigenvalue weighted by Crippen LogP contribution is 2.36. The lowest BCUT2D eigenvalue weighted by atomic mass is 10.0. The molecule has 0 atom stereocenters. The van der Waals surface area contributed by atoms with Crippen LogP contribution < -0.4 is 10.1 Å². The van der Waals surface area contributed by atoms with Crippen molar-refractivity contribution in [1.29, 1.82) is 0 Å². The van der Waals surface area contributed by atoms with Gasteiger partial charge in [-0.2, -0.15) is 4.33 Å². The van der Waals surface area contributed by atoms with Gasteiger partial charge in [-0.3, -0.25) is 9.59 Å². The number of anilines is 1. The average molecular weight is 494 g/mol. The van der Waals surface area contributed by atoms with E-state index in [0.29, 0.717) is 47.5 Å². The van der Waals surface area contributed by atoms with Crippen molar-refractivity contribution in [3.8, 4) is 11.5 Å².